The maximum Gasteiger partial charge on any atom is 0.0731 e. The average molecular weight is 321 g/mol. The number of halogens is 3. The molecule has 2 rings (SSSR count). The SMILES string of the molecule is CCCc1cc(Cl)c2ccc(Br)cc2n1.Cl. The lowest BCUT2D eigenvalue weighted by atomic mass is 10.1. The van der Waals surface area contributed by atoms with E-state index in [9.17, 15) is 0 Å². The Balaban J connectivity index is 0.00000128. The minimum absolute atomic E-state index is 0. The van der Waals surface area contributed by atoms with Crippen molar-refractivity contribution in [2.24, 2.45) is 0 Å². The van der Waals surface area contributed by atoms with Gasteiger partial charge in [-0.1, -0.05) is 46.9 Å². The van der Waals surface area contributed by atoms with Gasteiger partial charge in [0, 0.05) is 15.6 Å². The second kappa shape index (κ2) is 5.85. The molecule has 0 fully saturated rings. The first-order valence-electron chi connectivity index (χ1n) is 4.95. The van der Waals surface area contributed by atoms with Gasteiger partial charge in [-0.15, -0.1) is 12.4 Å². The molecule has 0 N–H and O–H groups in total. The van der Waals surface area contributed by atoms with E-state index in [1.165, 1.54) is 0 Å². The Kier molecular flexibility index (Phi) is 5.03. The van der Waals surface area contributed by atoms with Gasteiger partial charge >= 0.3 is 0 Å². The molecule has 0 amide bonds. The van der Waals surface area contributed by atoms with Crippen molar-refractivity contribution in [3.8, 4) is 0 Å². The Labute approximate surface area is 115 Å². The number of fused-ring (bicyclic) bond motifs is 1. The molecule has 2 aromatic rings. The molecular formula is C12H12BrCl2N. The van der Waals surface area contributed by atoms with Crippen LogP contribution in [0.2, 0.25) is 5.02 Å². The second-order valence-electron chi connectivity index (χ2n) is 3.51. The van der Waals surface area contributed by atoms with Crippen molar-refractivity contribution in [2.75, 3.05) is 0 Å². The van der Waals surface area contributed by atoms with E-state index < -0.39 is 0 Å². The summed E-state index contributed by atoms with van der Waals surface area (Å²) in [6, 6.07) is 7.93. The summed E-state index contributed by atoms with van der Waals surface area (Å²) in [5.74, 6) is 0. The van der Waals surface area contributed by atoms with Crippen molar-refractivity contribution >= 4 is 50.8 Å². The third kappa shape index (κ3) is 2.88. The van der Waals surface area contributed by atoms with Crippen LogP contribution in [0.4, 0.5) is 0 Å². The van der Waals surface area contributed by atoms with Gasteiger partial charge in [-0.2, -0.15) is 0 Å². The van der Waals surface area contributed by atoms with Crippen LogP contribution in [0.5, 0.6) is 0 Å². The van der Waals surface area contributed by atoms with Crippen LogP contribution in [0.25, 0.3) is 10.9 Å². The maximum atomic E-state index is 6.19. The van der Waals surface area contributed by atoms with Crippen LogP contribution >= 0.6 is 39.9 Å². The van der Waals surface area contributed by atoms with Gasteiger partial charge < -0.3 is 0 Å². The van der Waals surface area contributed by atoms with Crippen LogP contribution in [0.1, 0.15) is 19.0 Å². The molecule has 0 bridgehead atoms. The smallest absolute Gasteiger partial charge is 0.0731 e. The fraction of sp³-hybridized carbons (Fsp3) is 0.250. The number of benzene rings is 1. The lowest BCUT2D eigenvalue weighted by Gasteiger charge is -2.04. The topological polar surface area (TPSA) is 12.9 Å². The van der Waals surface area contributed by atoms with Gasteiger partial charge in [-0.25, -0.2) is 0 Å². The molecular weight excluding hydrogens is 309 g/mol. The number of hydrogen-bond acceptors (Lipinski definition) is 1. The minimum Gasteiger partial charge on any atom is -0.253 e. The summed E-state index contributed by atoms with van der Waals surface area (Å²) >= 11 is 9.63. The normalized spacial score (nSPS) is 10.2. The molecule has 0 saturated carbocycles. The molecule has 0 aliphatic heterocycles. The summed E-state index contributed by atoms with van der Waals surface area (Å²) in [5.41, 5.74) is 2.02. The van der Waals surface area contributed by atoms with Crippen LogP contribution < -0.4 is 0 Å². The van der Waals surface area contributed by atoms with Gasteiger partial charge in [0.2, 0.25) is 0 Å². The minimum atomic E-state index is 0. The van der Waals surface area contributed by atoms with E-state index >= 15 is 0 Å². The fourth-order valence-electron chi connectivity index (χ4n) is 1.59. The van der Waals surface area contributed by atoms with E-state index in [4.69, 9.17) is 11.6 Å². The number of aryl methyl sites for hydroxylation is 1. The molecule has 0 saturated heterocycles. The number of rotatable bonds is 2. The Hall–Kier alpha value is -0.310. The fourth-order valence-corrected chi connectivity index (χ4v) is 2.23. The number of nitrogens with zero attached hydrogens (tertiary/aromatic N) is 1. The van der Waals surface area contributed by atoms with Crippen molar-refractivity contribution < 1.29 is 0 Å². The quantitative estimate of drug-likeness (QED) is 0.756. The first-order chi connectivity index (χ1) is 7.20. The van der Waals surface area contributed by atoms with Crippen LogP contribution in [0.3, 0.4) is 0 Å². The standard InChI is InChI=1S/C12H11BrClN.ClH/c1-2-3-9-7-11(14)10-5-4-8(13)6-12(10)15-9;/h4-7H,2-3H2,1H3;1H. The summed E-state index contributed by atoms with van der Waals surface area (Å²) in [7, 11) is 0. The molecule has 0 unspecified atom stereocenters. The Morgan fingerprint density at radius 3 is 2.75 bits per heavy atom. The van der Waals surface area contributed by atoms with E-state index in [0.717, 1.165) is 38.9 Å². The third-order valence-corrected chi connectivity index (χ3v) is 3.09. The summed E-state index contributed by atoms with van der Waals surface area (Å²) in [6.45, 7) is 2.14. The summed E-state index contributed by atoms with van der Waals surface area (Å²) in [5, 5.41) is 1.80. The van der Waals surface area contributed by atoms with Crippen molar-refractivity contribution in [1.29, 1.82) is 0 Å². The highest BCUT2D eigenvalue weighted by Crippen LogP contribution is 2.26. The number of aromatic nitrogens is 1. The number of hydrogen-bond donors (Lipinski definition) is 0. The highest BCUT2D eigenvalue weighted by atomic mass is 79.9. The molecule has 16 heavy (non-hydrogen) atoms. The zero-order valence-corrected chi connectivity index (χ0v) is 12.0. The van der Waals surface area contributed by atoms with Crippen molar-refractivity contribution in [1.82, 2.24) is 4.98 Å². The highest BCUT2D eigenvalue weighted by molar-refractivity contribution is 9.10. The third-order valence-electron chi connectivity index (χ3n) is 2.28. The Bertz CT molecular complexity index is 500. The van der Waals surface area contributed by atoms with Gasteiger partial charge in [0.25, 0.3) is 0 Å². The average Bonchev–Trinajstić information content (AvgIpc) is 2.17. The van der Waals surface area contributed by atoms with E-state index in [1.807, 2.05) is 24.3 Å². The highest BCUT2D eigenvalue weighted by Gasteiger charge is 2.03. The van der Waals surface area contributed by atoms with Crippen molar-refractivity contribution in [2.45, 2.75) is 19.8 Å². The predicted molar refractivity (Wildman–Crippen MR) is 75.7 cm³/mol. The Morgan fingerprint density at radius 2 is 2.06 bits per heavy atom. The van der Waals surface area contributed by atoms with E-state index in [1.54, 1.807) is 0 Å². The first kappa shape index (κ1) is 13.8. The molecule has 1 aromatic heterocycles. The zero-order chi connectivity index (χ0) is 10.8. The summed E-state index contributed by atoms with van der Waals surface area (Å²) < 4.78 is 1.03. The Morgan fingerprint density at radius 1 is 1.31 bits per heavy atom. The number of pyridine rings is 1. The van der Waals surface area contributed by atoms with Crippen LogP contribution in [-0.4, -0.2) is 4.98 Å². The predicted octanol–water partition coefficient (Wildman–Crippen LogP) is 5.03. The van der Waals surface area contributed by atoms with Gasteiger partial charge in [0.15, 0.2) is 0 Å². The molecule has 0 aliphatic carbocycles. The molecule has 0 radical (unpaired) electrons. The second-order valence-corrected chi connectivity index (χ2v) is 4.83. The molecule has 1 aromatic carbocycles. The summed E-state index contributed by atoms with van der Waals surface area (Å²) in [4.78, 5) is 4.57. The maximum absolute atomic E-state index is 6.19. The van der Waals surface area contributed by atoms with Gasteiger partial charge in [0.1, 0.15) is 0 Å². The summed E-state index contributed by atoms with van der Waals surface area (Å²) in [6.07, 6.45) is 2.06. The van der Waals surface area contributed by atoms with Gasteiger partial charge in [0.05, 0.1) is 10.5 Å². The molecule has 1 heterocycles. The molecule has 86 valence electrons. The van der Waals surface area contributed by atoms with E-state index in [2.05, 4.69) is 27.8 Å². The van der Waals surface area contributed by atoms with Crippen LogP contribution in [0.15, 0.2) is 28.7 Å². The van der Waals surface area contributed by atoms with Crippen molar-refractivity contribution in [3.63, 3.8) is 0 Å². The van der Waals surface area contributed by atoms with Crippen LogP contribution in [0, 0.1) is 0 Å². The van der Waals surface area contributed by atoms with E-state index in [-0.39, 0.29) is 12.4 Å². The molecule has 0 aliphatic rings. The molecule has 1 nitrogen and oxygen atoms in total. The van der Waals surface area contributed by atoms with E-state index in [0.29, 0.717) is 0 Å². The lowest BCUT2D eigenvalue weighted by Crippen LogP contribution is -1.90. The monoisotopic (exact) mass is 319 g/mol. The largest absolute Gasteiger partial charge is 0.253 e. The van der Waals surface area contributed by atoms with Crippen LogP contribution in [-0.2, 0) is 6.42 Å². The van der Waals surface area contributed by atoms with Crippen molar-refractivity contribution in [3.05, 3.63) is 39.5 Å². The zero-order valence-electron chi connectivity index (χ0n) is 8.84. The molecule has 0 spiro atoms. The molecule has 4 heteroatoms. The van der Waals surface area contributed by atoms with Gasteiger partial charge in [-0.3, -0.25) is 4.98 Å². The molecule has 0 atom stereocenters. The van der Waals surface area contributed by atoms with Gasteiger partial charge in [-0.05, 0) is 24.6 Å². The lowest BCUT2D eigenvalue weighted by molar-refractivity contribution is 0.890. The first-order valence-corrected chi connectivity index (χ1v) is 6.12.